The van der Waals surface area contributed by atoms with Gasteiger partial charge in [0.25, 0.3) is 0 Å². The fraction of sp³-hybridized carbons (Fsp3) is 0.182. The summed E-state index contributed by atoms with van der Waals surface area (Å²) >= 11 is 2.00. The first-order valence-corrected chi connectivity index (χ1v) is 50.9. The molecule has 4 aliphatic heterocycles. The summed E-state index contributed by atoms with van der Waals surface area (Å²) in [5.74, 6) is 0. The van der Waals surface area contributed by atoms with Crippen molar-refractivity contribution in [1.82, 2.24) is 9.05 Å². The summed E-state index contributed by atoms with van der Waals surface area (Å²) in [7, 11) is 0. The minimum atomic E-state index is -0.315. The van der Waals surface area contributed by atoms with Crippen molar-refractivity contribution in [3.63, 3.8) is 0 Å². The maximum atomic E-state index is 2.86. The number of benzene rings is 20. The van der Waals surface area contributed by atoms with Crippen LogP contribution in [-0.2, 0) is 38.9 Å². The molecule has 0 spiro atoms. The molecule has 0 atom stereocenters. The first kappa shape index (κ1) is 83.8. The predicted octanol–water partition coefficient (Wildman–Crippen LogP) is 33.7. The zero-order valence-corrected chi connectivity index (χ0v) is 83.3. The Morgan fingerprint density at radius 1 is 0.266 bits per heavy atom. The van der Waals surface area contributed by atoms with Crippen LogP contribution in [0.5, 0.6) is 0 Å². The van der Waals surface area contributed by atoms with Gasteiger partial charge in [-0.2, -0.15) is 0 Å². The lowest BCUT2D eigenvalue weighted by atomic mass is 9.44. The van der Waals surface area contributed by atoms with E-state index in [4.69, 9.17) is 0 Å². The number of hydrogen-bond acceptors (Lipinski definition) is 3. The van der Waals surface area contributed by atoms with Gasteiger partial charge in [0.2, 0.25) is 0 Å². The molecule has 4 aliphatic rings. The van der Waals surface area contributed by atoms with Gasteiger partial charge in [-0.15, -0.1) is 11.3 Å². The van der Waals surface area contributed by atoms with Crippen molar-refractivity contribution in [2.45, 2.75) is 157 Å². The molecule has 670 valence electrons. The summed E-state index contributed by atoms with van der Waals surface area (Å²) in [6.45, 7) is 39.7. The minimum Gasteiger partial charge on any atom is -0.376 e. The Morgan fingerprint density at radius 3 is 1.35 bits per heavy atom. The maximum Gasteiger partial charge on any atom is 0.343 e. The molecule has 27 rings (SSSR count). The number of anilines is 5. The number of rotatable bonds is 10. The molecule has 20 aromatic carbocycles. The Hall–Kier alpha value is -14.5. The minimum absolute atomic E-state index is 0.0167. The standard InChI is InChI=1S/C132H110B2N4S/c1-127(2,3)87-54-48-77(49-55-87)103-73-89(129(7,8)9)59-67-105(103)135-122-101-64-53-86-71-92(70-85-51-62-97(112(101)109(85)86)114-95-40-29-30-43-106(95)137(93-60-56-88(57-61-93)128(4,5)6)134(118(114)122)126-125(135)96-66-58-90(130(10,11)12)74-107(96)139-126)132(16,17)75-76-44-46-81(47-45-76)120-110(78-32-21-18-22-33-78)99-41-31-42-100-115-98-63-50-83-68-91(131(13,14)15)69-84-52-65-102(113(98)108(83)84)123-117(115)133(138(120)121(99)100)116-94-39-28-27-38-82(94)72-104-111(79-34-23-19-24-35-79)119(136(123)124(104)116)80-36-25-20-26-37-80/h18-74H,75H2,1-17H3. The summed E-state index contributed by atoms with van der Waals surface area (Å²) in [6, 6.07) is 136. The largest absolute Gasteiger partial charge is 0.376 e. The highest BCUT2D eigenvalue weighted by molar-refractivity contribution is 7.32. The quantitative estimate of drug-likeness (QED) is 0.100. The van der Waals surface area contributed by atoms with Crippen LogP contribution in [0.3, 0.4) is 0 Å². The van der Waals surface area contributed by atoms with Crippen LogP contribution in [0.4, 0.5) is 28.4 Å². The van der Waals surface area contributed by atoms with Crippen molar-refractivity contribution in [2.75, 3.05) is 9.71 Å². The number of aromatic nitrogens is 2. The second-order valence-electron chi connectivity index (χ2n) is 46.3. The Balaban J connectivity index is 0.659. The number of para-hydroxylation sites is 2. The van der Waals surface area contributed by atoms with Gasteiger partial charge >= 0.3 is 13.7 Å². The molecule has 0 unspecified atom stereocenters. The van der Waals surface area contributed by atoms with Gasteiger partial charge in [0.1, 0.15) is 0 Å². The molecule has 23 aromatic rings. The predicted molar refractivity (Wildman–Crippen MR) is 602 cm³/mol. The number of hydrogen-bond donors (Lipinski definition) is 0. The van der Waals surface area contributed by atoms with E-state index in [2.05, 4.69) is 482 Å². The van der Waals surface area contributed by atoms with Gasteiger partial charge in [0.15, 0.2) is 0 Å². The normalized spacial score (nSPS) is 13.8. The molecule has 0 fully saturated rings. The molecule has 0 amide bonds. The smallest absolute Gasteiger partial charge is 0.343 e. The third kappa shape index (κ3) is 12.2. The highest BCUT2D eigenvalue weighted by Crippen LogP contribution is 2.60. The Morgan fingerprint density at radius 2 is 0.741 bits per heavy atom. The molecule has 0 N–H and O–H groups in total. The zero-order valence-electron chi connectivity index (χ0n) is 82.5. The second-order valence-corrected chi connectivity index (χ2v) is 47.4. The lowest BCUT2D eigenvalue weighted by Gasteiger charge is -2.46. The molecule has 4 nitrogen and oxygen atoms in total. The van der Waals surface area contributed by atoms with Crippen LogP contribution in [0.2, 0.25) is 0 Å². The summed E-state index contributed by atoms with van der Waals surface area (Å²) in [5, 5.41) is 21.8. The number of thiophene rings is 1. The van der Waals surface area contributed by atoms with E-state index in [0.29, 0.717) is 0 Å². The third-order valence-corrected chi connectivity index (χ3v) is 33.4. The third-order valence-electron chi connectivity index (χ3n) is 32.2. The van der Waals surface area contributed by atoms with Gasteiger partial charge in [-0.1, -0.05) is 421 Å². The molecule has 3 aromatic heterocycles. The molecule has 0 saturated heterocycles. The van der Waals surface area contributed by atoms with E-state index in [0.717, 1.165) is 6.42 Å². The average Bonchev–Trinajstić information content (AvgIpc) is 1.50. The van der Waals surface area contributed by atoms with Crippen molar-refractivity contribution in [2.24, 2.45) is 0 Å². The van der Waals surface area contributed by atoms with Gasteiger partial charge in [-0.3, -0.25) is 0 Å². The summed E-state index contributed by atoms with van der Waals surface area (Å²) in [5.41, 5.74) is 39.9. The molecule has 7 heteroatoms. The highest BCUT2D eigenvalue weighted by atomic mass is 32.1. The van der Waals surface area contributed by atoms with Crippen LogP contribution in [0.15, 0.2) is 346 Å². The highest BCUT2D eigenvalue weighted by Gasteiger charge is 2.51. The van der Waals surface area contributed by atoms with E-state index >= 15 is 0 Å². The molecular weight excluding hydrogens is 1700 g/mol. The molecule has 139 heavy (non-hydrogen) atoms. The van der Waals surface area contributed by atoms with Gasteiger partial charge in [0.05, 0.1) is 34.0 Å². The lowest BCUT2D eigenvalue weighted by Crippen LogP contribution is -2.60. The SMILES string of the molecule is CC(C)(C)c1ccc(-c2cc(C(C)(C)C)ccc2N2c3c(sc4cc(C(C)(C)C)ccc34)B3c4c(c5ccc6cc(C(C)(C)Cc7ccc(-c8c(-c9ccccc9)c9cccc%10c9n8B8c9c-%10c%10ccc%11cc(C(C)(C)C)cc%12ccc(c9-n9c(-c%13ccccc%13)c(-c%13ccccc%13)c%13cc%14ccccc%14c8c%139)c%10c%11%12)cc7)cc7ccc(c42)c5c67)-c2ccccc2N3c2ccc(C(C)(C)C)cc2)cc1. The van der Waals surface area contributed by atoms with E-state index < -0.39 is 0 Å². The lowest BCUT2D eigenvalue weighted by molar-refractivity contribution is 0.523. The van der Waals surface area contributed by atoms with E-state index in [1.807, 2.05) is 11.3 Å². The molecule has 0 radical (unpaired) electrons. The van der Waals surface area contributed by atoms with E-state index in [1.54, 1.807) is 0 Å². The van der Waals surface area contributed by atoms with E-state index in [9.17, 15) is 0 Å². The van der Waals surface area contributed by atoms with Crippen molar-refractivity contribution in [3.8, 4) is 83.8 Å². The fourth-order valence-corrected chi connectivity index (χ4v) is 26.7. The molecule has 0 bridgehead atoms. The van der Waals surface area contributed by atoms with Crippen molar-refractivity contribution >= 4 is 182 Å². The monoisotopic (exact) mass is 1800 g/mol. The second kappa shape index (κ2) is 29.3. The first-order valence-electron chi connectivity index (χ1n) is 50.1. The van der Waals surface area contributed by atoms with E-state index in [1.165, 1.54) is 280 Å². The number of fused-ring (bicyclic) bond motifs is 16. The van der Waals surface area contributed by atoms with Crippen molar-refractivity contribution in [1.29, 1.82) is 0 Å². The topological polar surface area (TPSA) is 16.3 Å². The van der Waals surface area contributed by atoms with Crippen molar-refractivity contribution in [3.05, 3.63) is 385 Å². The van der Waals surface area contributed by atoms with Gasteiger partial charge < -0.3 is 18.8 Å². The van der Waals surface area contributed by atoms with Crippen LogP contribution in [-0.4, -0.2) is 22.7 Å². The average molecular weight is 1810 g/mol. The van der Waals surface area contributed by atoms with Crippen LogP contribution in [0, 0.1) is 0 Å². The molecule has 7 heterocycles. The van der Waals surface area contributed by atoms with Gasteiger partial charge in [-0.25, -0.2) is 0 Å². The van der Waals surface area contributed by atoms with Crippen LogP contribution >= 0.6 is 11.3 Å². The fourth-order valence-electron chi connectivity index (χ4n) is 25.3. The Labute approximate surface area is 819 Å². The first-order chi connectivity index (χ1) is 66.9. The van der Waals surface area contributed by atoms with E-state index in [-0.39, 0.29) is 46.2 Å². The molecular formula is C132H110B2N4S. The van der Waals surface area contributed by atoms with Gasteiger partial charge in [0, 0.05) is 97.6 Å². The maximum absolute atomic E-state index is 2.86. The summed E-state index contributed by atoms with van der Waals surface area (Å²) < 4.78 is 8.28. The summed E-state index contributed by atoms with van der Waals surface area (Å²) in [6.07, 6.45) is 0.818. The Kier molecular flexibility index (Phi) is 17.7. The van der Waals surface area contributed by atoms with Crippen molar-refractivity contribution < 1.29 is 0 Å². The zero-order chi connectivity index (χ0) is 94.6. The molecule has 0 aliphatic carbocycles. The van der Waals surface area contributed by atoms with Gasteiger partial charge in [-0.05, 0) is 230 Å². The number of nitrogens with zero attached hydrogens (tertiary/aromatic N) is 4. The van der Waals surface area contributed by atoms with Crippen LogP contribution in [0.25, 0.3) is 191 Å². The molecule has 0 saturated carbocycles. The Bertz CT molecular complexity index is 9130. The van der Waals surface area contributed by atoms with Crippen LogP contribution < -0.4 is 30.9 Å². The van der Waals surface area contributed by atoms with Crippen LogP contribution in [0.1, 0.15) is 157 Å². The summed E-state index contributed by atoms with van der Waals surface area (Å²) in [4.78, 5) is 5.51.